The van der Waals surface area contributed by atoms with Gasteiger partial charge in [-0.2, -0.15) is 0 Å². The van der Waals surface area contributed by atoms with Gasteiger partial charge in [-0.15, -0.1) is 10.2 Å². The van der Waals surface area contributed by atoms with Crippen molar-refractivity contribution in [3.63, 3.8) is 0 Å². The monoisotopic (exact) mass is 483 g/mol. The quantitative estimate of drug-likeness (QED) is 0.562. The fraction of sp³-hybridized carbons (Fsp3) is 0.292. The summed E-state index contributed by atoms with van der Waals surface area (Å²) in [6.07, 6.45) is 0. The van der Waals surface area contributed by atoms with Gasteiger partial charge in [0.1, 0.15) is 0 Å². The first-order valence-electron chi connectivity index (χ1n) is 10.7. The van der Waals surface area contributed by atoms with E-state index in [1.54, 1.807) is 38.4 Å². The van der Waals surface area contributed by atoms with Crippen molar-refractivity contribution in [2.75, 3.05) is 57.7 Å². The standard InChI is InChI=1S/C24H26ClN5O4/c1-32-20-14-16(15-21(33-2)23(20)34-3)18-8-9-22(28-27-18)29-10-12-30(13-11-29)24(31)26-19-7-5-4-6-17(19)25/h4-9,14-15H,10-13H2,1-3H3,(H,26,31). The van der Waals surface area contributed by atoms with Crippen LogP contribution in [0.25, 0.3) is 11.3 Å². The second kappa shape index (κ2) is 10.5. The first-order valence-corrected chi connectivity index (χ1v) is 11.1. The molecule has 1 saturated heterocycles. The molecule has 1 aromatic heterocycles. The number of amides is 2. The molecule has 2 amide bonds. The molecule has 2 aromatic carbocycles. The Bertz CT molecular complexity index is 1130. The van der Waals surface area contributed by atoms with Crippen LogP contribution in [0, 0.1) is 0 Å². The molecule has 4 rings (SSSR count). The number of urea groups is 1. The van der Waals surface area contributed by atoms with Crippen molar-refractivity contribution in [2.24, 2.45) is 0 Å². The average Bonchev–Trinajstić information content (AvgIpc) is 2.89. The number of piperazine rings is 1. The van der Waals surface area contributed by atoms with Crippen LogP contribution in [0.1, 0.15) is 0 Å². The van der Waals surface area contributed by atoms with Crippen molar-refractivity contribution < 1.29 is 19.0 Å². The minimum atomic E-state index is -0.170. The van der Waals surface area contributed by atoms with Gasteiger partial charge >= 0.3 is 6.03 Å². The number of benzene rings is 2. The zero-order valence-corrected chi connectivity index (χ0v) is 20.0. The largest absolute Gasteiger partial charge is 0.493 e. The number of halogens is 1. The van der Waals surface area contributed by atoms with E-state index in [9.17, 15) is 4.79 Å². The summed E-state index contributed by atoms with van der Waals surface area (Å²) in [6, 6.07) is 14.5. The molecule has 0 aliphatic carbocycles. The van der Waals surface area contributed by atoms with Gasteiger partial charge in [0.05, 0.1) is 37.7 Å². The Kier molecular flexibility index (Phi) is 7.22. The Labute approximate surface area is 203 Å². The van der Waals surface area contributed by atoms with Crippen LogP contribution in [0.15, 0.2) is 48.5 Å². The molecular formula is C24H26ClN5O4. The number of methoxy groups -OCH3 is 3. The Morgan fingerprint density at radius 1 is 0.912 bits per heavy atom. The molecule has 10 heteroatoms. The van der Waals surface area contributed by atoms with Gasteiger partial charge in [-0.3, -0.25) is 0 Å². The topological polar surface area (TPSA) is 89.1 Å². The third kappa shape index (κ3) is 4.94. The van der Waals surface area contributed by atoms with Crippen molar-refractivity contribution in [1.82, 2.24) is 15.1 Å². The van der Waals surface area contributed by atoms with Gasteiger partial charge in [0.25, 0.3) is 0 Å². The van der Waals surface area contributed by atoms with Crippen molar-refractivity contribution in [3.05, 3.63) is 53.6 Å². The third-order valence-corrected chi connectivity index (χ3v) is 5.95. The van der Waals surface area contributed by atoms with Gasteiger partial charge in [0.15, 0.2) is 17.3 Å². The highest BCUT2D eigenvalue weighted by molar-refractivity contribution is 6.33. The Morgan fingerprint density at radius 2 is 1.59 bits per heavy atom. The second-order valence-electron chi connectivity index (χ2n) is 7.57. The zero-order chi connectivity index (χ0) is 24.1. The molecule has 0 spiro atoms. The van der Waals surface area contributed by atoms with Crippen molar-refractivity contribution in [2.45, 2.75) is 0 Å². The number of hydrogen-bond acceptors (Lipinski definition) is 7. The summed E-state index contributed by atoms with van der Waals surface area (Å²) in [5.74, 6) is 2.37. The molecule has 0 radical (unpaired) electrons. The molecule has 0 atom stereocenters. The fourth-order valence-corrected chi connectivity index (χ4v) is 3.96. The van der Waals surface area contributed by atoms with E-state index >= 15 is 0 Å². The highest BCUT2D eigenvalue weighted by Crippen LogP contribution is 2.40. The van der Waals surface area contributed by atoms with E-state index in [0.717, 1.165) is 11.4 Å². The fourth-order valence-electron chi connectivity index (χ4n) is 3.77. The first-order chi connectivity index (χ1) is 16.5. The van der Waals surface area contributed by atoms with Crippen LogP contribution >= 0.6 is 11.6 Å². The molecule has 34 heavy (non-hydrogen) atoms. The van der Waals surface area contributed by atoms with Crippen molar-refractivity contribution in [1.29, 1.82) is 0 Å². The summed E-state index contributed by atoms with van der Waals surface area (Å²) >= 11 is 6.14. The Hall–Kier alpha value is -3.72. The molecule has 178 valence electrons. The summed E-state index contributed by atoms with van der Waals surface area (Å²) in [5.41, 5.74) is 2.08. The molecule has 0 unspecified atom stereocenters. The van der Waals surface area contributed by atoms with Gasteiger partial charge in [0.2, 0.25) is 5.75 Å². The lowest BCUT2D eigenvalue weighted by Gasteiger charge is -2.35. The summed E-state index contributed by atoms with van der Waals surface area (Å²) in [7, 11) is 4.71. The van der Waals surface area contributed by atoms with Gasteiger partial charge in [-0.25, -0.2) is 4.79 Å². The minimum absolute atomic E-state index is 0.170. The molecular weight excluding hydrogens is 458 g/mol. The number of carbonyl (C=O) groups excluding carboxylic acids is 1. The van der Waals surface area contributed by atoms with Gasteiger partial charge < -0.3 is 29.3 Å². The normalized spacial score (nSPS) is 13.4. The second-order valence-corrected chi connectivity index (χ2v) is 7.98. The molecule has 1 aliphatic rings. The minimum Gasteiger partial charge on any atom is -0.493 e. The maximum atomic E-state index is 12.6. The van der Waals surface area contributed by atoms with Crippen LogP contribution in [-0.4, -0.2) is 68.6 Å². The summed E-state index contributed by atoms with van der Waals surface area (Å²) < 4.78 is 16.2. The van der Waals surface area contributed by atoms with Crippen LogP contribution in [0.5, 0.6) is 17.2 Å². The summed E-state index contributed by atoms with van der Waals surface area (Å²) in [6.45, 7) is 2.42. The van der Waals surface area contributed by atoms with E-state index in [-0.39, 0.29) is 6.03 Å². The van der Waals surface area contributed by atoms with Crippen LogP contribution in [0.2, 0.25) is 5.02 Å². The van der Waals surface area contributed by atoms with Crippen LogP contribution in [0.4, 0.5) is 16.3 Å². The number of rotatable bonds is 6. The predicted molar refractivity (Wildman–Crippen MR) is 131 cm³/mol. The van der Waals surface area contributed by atoms with E-state index < -0.39 is 0 Å². The lowest BCUT2D eigenvalue weighted by molar-refractivity contribution is 0.208. The zero-order valence-electron chi connectivity index (χ0n) is 19.2. The predicted octanol–water partition coefficient (Wildman–Crippen LogP) is 4.18. The van der Waals surface area contributed by atoms with Crippen LogP contribution < -0.4 is 24.4 Å². The number of ether oxygens (including phenoxy) is 3. The Morgan fingerprint density at radius 3 is 2.15 bits per heavy atom. The third-order valence-electron chi connectivity index (χ3n) is 5.62. The first kappa shape index (κ1) is 23.4. The van der Waals surface area contributed by atoms with E-state index in [1.807, 2.05) is 36.4 Å². The maximum Gasteiger partial charge on any atom is 0.322 e. The van der Waals surface area contributed by atoms with Crippen LogP contribution in [-0.2, 0) is 0 Å². The maximum absolute atomic E-state index is 12.6. The van der Waals surface area contributed by atoms with Gasteiger partial charge in [-0.05, 0) is 36.4 Å². The van der Waals surface area contributed by atoms with E-state index in [2.05, 4.69) is 20.4 Å². The van der Waals surface area contributed by atoms with E-state index in [0.29, 0.717) is 59.8 Å². The smallest absolute Gasteiger partial charge is 0.322 e. The van der Waals surface area contributed by atoms with E-state index in [1.165, 1.54) is 0 Å². The van der Waals surface area contributed by atoms with Crippen LogP contribution in [0.3, 0.4) is 0 Å². The number of hydrogen-bond donors (Lipinski definition) is 1. The molecule has 1 fully saturated rings. The summed E-state index contributed by atoms with van der Waals surface area (Å²) in [4.78, 5) is 16.5. The number of nitrogens with zero attached hydrogens (tertiary/aromatic N) is 4. The number of aromatic nitrogens is 2. The number of carbonyl (C=O) groups is 1. The average molecular weight is 484 g/mol. The Balaban J connectivity index is 1.41. The van der Waals surface area contributed by atoms with Crippen molar-refractivity contribution in [3.8, 4) is 28.5 Å². The molecule has 0 bridgehead atoms. The molecule has 0 saturated carbocycles. The lowest BCUT2D eigenvalue weighted by atomic mass is 10.1. The molecule has 1 aliphatic heterocycles. The number of nitrogens with one attached hydrogen (secondary N) is 1. The lowest BCUT2D eigenvalue weighted by Crippen LogP contribution is -2.50. The highest BCUT2D eigenvalue weighted by atomic mass is 35.5. The number of para-hydroxylation sites is 1. The molecule has 2 heterocycles. The highest BCUT2D eigenvalue weighted by Gasteiger charge is 2.23. The number of anilines is 2. The molecule has 3 aromatic rings. The SMILES string of the molecule is COc1cc(-c2ccc(N3CCN(C(=O)Nc4ccccc4Cl)CC3)nn2)cc(OC)c1OC. The summed E-state index contributed by atoms with van der Waals surface area (Å²) in [5, 5.41) is 12.2. The van der Waals surface area contributed by atoms with E-state index in [4.69, 9.17) is 25.8 Å². The molecule has 9 nitrogen and oxygen atoms in total. The molecule has 1 N–H and O–H groups in total. The van der Waals surface area contributed by atoms with Gasteiger partial charge in [-0.1, -0.05) is 23.7 Å². The van der Waals surface area contributed by atoms with Crippen molar-refractivity contribution >= 4 is 29.1 Å². The van der Waals surface area contributed by atoms with Gasteiger partial charge in [0, 0.05) is 31.7 Å².